The maximum Gasteiger partial charge on any atom is 0.234 e. The molecule has 4 heteroatoms. The number of hydrogen-bond donors (Lipinski definition) is 1. The van der Waals surface area contributed by atoms with Gasteiger partial charge in [-0.15, -0.1) is 11.3 Å². The molecule has 1 unspecified atom stereocenters. The summed E-state index contributed by atoms with van der Waals surface area (Å²) in [4.78, 5) is 15.8. The van der Waals surface area contributed by atoms with E-state index in [0.717, 1.165) is 24.9 Å². The molecule has 1 amide bonds. The molecule has 3 rings (SSSR count). The van der Waals surface area contributed by atoms with Crippen molar-refractivity contribution in [1.82, 2.24) is 0 Å². The zero-order valence-electron chi connectivity index (χ0n) is 11.4. The predicted octanol–water partition coefficient (Wildman–Crippen LogP) is 3.54. The molecule has 0 spiro atoms. The van der Waals surface area contributed by atoms with E-state index < -0.39 is 0 Å². The van der Waals surface area contributed by atoms with Crippen molar-refractivity contribution >= 4 is 22.9 Å². The molecule has 1 aliphatic rings. The van der Waals surface area contributed by atoms with Crippen LogP contribution in [0.25, 0.3) is 0 Å². The maximum atomic E-state index is 12.7. The first-order chi connectivity index (χ1) is 9.66. The maximum absolute atomic E-state index is 12.7. The number of carbonyl (C=O) groups excluding carboxylic acids is 1. The fourth-order valence-electron chi connectivity index (χ4n) is 2.78. The number of thiophene rings is 1. The largest absolute Gasteiger partial charge is 0.508 e. The van der Waals surface area contributed by atoms with E-state index >= 15 is 0 Å². The number of likely N-dealkylation sites (N-methyl/N-ethyl adjacent to an activating group) is 1. The summed E-state index contributed by atoms with van der Waals surface area (Å²) in [6.45, 7) is 0. The van der Waals surface area contributed by atoms with Gasteiger partial charge in [-0.3, -0.25) is 4.79 Å². The third-order valence-electron chi connectivity index (χ3n) is 3.92. The number of phenols is 1. The van der Waals surface area contributed by atoms with Crippen molar-refractivity contribution in [2.45, 2.75) is 25.2 Å². The molecule has 0 saturated carbocycles. The second-order valence-corrected chi connectivity index (χ2v) is 6.16. The van der Waals surface area contributed by atoms with E-state index in [4.69, 9.17) is 0 Å². The van der Waals surface area contributed by atoms with Gasteiger partial charge in [0.25, 0.3) is 0 Å². The number of nitrogens with zero attached hydrogens (tertiary/aromatic N) is 1. The molecule has 0 aliphatic heterocycles. The molecule has 104 valence electrons. The Hall–Kier alpha value is -1.81. The Bertz CT molecular complexity index is 618. The van der Waals surface area contributed by atoms with Crippen molar-refractivity contribution < 1.29 is 9.90 Å². The standard InChI is InChI=1S/C16H17NO2S/c1-17(11-5-7-12(18)8-6-11)16(19)14-3-2-4-15-13(14)9-10-20-15/h5-10,14,18H,2-4H2,1H3. The first-order valence-electron chi connectivity index (χ1n) is 6.79. The fourth-order valence-corrected chi connectivity index (χ4v) is 3.77. The molecule has 1 aromatic carbocycles. The van der Waals surface area contributed by atoms with Gasteiger partial charge in [-0.25, -0.2) is 0 Å². The molecule has 0 radical (unpaired) electrons. The third-order valence-corrected chi connectivity index (χ3v) is 4.91. The first-order valence-corrected chi connectivity index (χ1v) is 7.67. The van der Waals surface area contributed by atoms with Crippen molar-refractivity contribution in [3.05, 3.63) is 46.2 Å². The fraction of sp³-hybridized carbons (Fsp3) is 0.312. The lowest BCUT2D eigenvalue weighted by Gasteiger charge is -2.27. The van der Waals surface area contributed by atoms with E-state index in [1.807, 2.05) is 0 Å². The molecule has 1 atom stereocenters. The van der Waals surface area contributed by atoms with E-state index in [1.165, 1.54) is 10.4 Å². The highest BCUT2D eigenvalue weighted by molar-refractivity contribution is 7.10. The van der Waals surface area contributed by atoms with Crippen LogP contribution in [0, 0.1) is 0 Å². The van der Waals surface area contributed by atoms with E-state index in [9.17, 15) is 9.90 Å². The number of hydrogen-bond acceptors (Lipinski definition) is 3. The van der Waals surface area contributed by atoms with Crippen molar-refractivity contribution in [3.63, 3.8) is 0 Å². The Morgan fingerprint density at radius 2 is 2.05 bits per heavy atom. The average Bonchev–Trinajstić information content (AvgIpc) is 2.95. The van der Waals surface area contributed by atoms with Gasteiger partial charge in [0.15, 0.2) is 0 Å². The summed E-state index contributed by atoms with van der Waals surface area (Å²) in [5.74, 6) is 0.325. The Morgan fingerprint density at radius 1 is 1.30 bits per heavy atom. The molecular formula is C16H17NO2S. The van der Waals surface area contributed by atoms with Crippen LogP contribution >= 0.6 is 11.3 Å². The molecule has 1 heterocycles. The second-order valence-electron chi connectivity index (χ2n) is 5.16. The van der Waals surface area contributed by atoms with Gasteiger partial charge in [0.2, 0.25) is 5.91 Å². The van der Waals surface area contributed by atoms with E-state index in [0.29, 0.717) is 0 Å². The summed E-state index contributed by atoms with van der Waals surface area (Å²) in [6, 6.07) is 8.84. The molecular weight excluding hydrogens is 270 g/mol. The minimum atomic E-state index is -0.0243. The lowest BCUT2D eigenvalue weighted by atomic mass is 9.86. The van der Waals surface area contributed by atoms with Crippen molar-refractivity contribution in [3.8, 4) is 5.75 Å². The lowest BCUT2D eigenvalue weighted by molar-refractivity contribution is -0.120. The van der Waals surface area contributed by atoms with Crippen LogP contribution < -0.4 is 4.90 Å². The number of rotatable bonds is 2. The minimum Gasteiger partial charge on any atom is -0.508 e. The lowest BCUT2D eigenvalue weighted by Crippen LogP contribution is -2.32. The highest BCUT2D eigenvalue weighted by atomic mass is 32.1. The van der Waals surface area contributed by atoms with Crippen LogP contribution in [-0.4, -0.2) is 18.1 Å². The van der Waals surface area contributed by atoms with Crippen molar-refractivity contribution in [2.75, 3.05) is 11.9 Å². The summed E-state index contributed by atoms with van der Waals surface area (Å²) in [5.41, 5.74) is 2.02. The van der Waals surface area contributed by atoms with Gasteiger partial charge in [0.1, 0.15) is 5.75 Å². The number of fused-ring (bicyclic) bond motifs is 1. The summed E-state index contributed by atoms with van der Waals surface area (Å²) in [6.07, 6.45) is 3.10. The van der Waals surface area contributed by atoms with Crippen LogP contribution in [0.15, 0.2) is 35.7 Å². The highest BCUT2D eigenvalue weighted by Crippen LogP contribution is 2.36. The Balaban J connectivity index is 1.85. The van der Waals surface area contributed by atoms with Gasteiger partial charge in [-0.1, -0.05) is 0 Å². The average molecular weight is 287 g/mol. The summed E-state index contributed by atoms with van der Waals surface area (Å²) in [7, 11) is 1.80. The number of benzene rings is 1. The monoisotopic (exact) mass is 287 g/mol. The number of anilines is 1. The van der Waals surface area contributed by atoms with Crippen LogP contribution in [-0.2, 0) is 11.2 Å². The van der Waals surface area contributed by atoms with Gasteiger partial charge in [-0.05, 0) is 60.5 Å². The van der Waals surface area contributed by atoms with Crippen molar-refractivity contribution in [2.24, 2.45) is 0 Å². The summed E-state index contributed by atoms with van der Waals surface area (Å²) in [5, 5.41) is 11.4. The van der Waals surface area contributed by atoms with Gasteiger partial charge in [0.05, 0.1) is 5.92 Å². The normalized spacial score (nSPS) is 17.6. The molecule has 2 aromatic rings. The molecule has 0 bridgehead atoms. The van der Waals surface area contributed by atoms with Crippen LogP contribution in [0.4, 0.5) is 5.69 Å². The van der Waals surface area contributed by atoms with Gasteiger partial charge in [0, 0.05) is 17.6 Å². The minimum absolute atomic E-state index is 0.0243. The second kappa shape index (κ2) is 5.29. The zero-order valence-corrected chi connectivity index (χ0v) is 12.2. The van der Waals surface area contributed by atoms with Crippen LogP contribution in [0.2, 0.25) is 0 Å². The van der Waals surface area contributed by atoms with Gasteiger partial charge < -0.3 is 10.0 Å². The van der Waals surface area contributed by atoms with Crippen LogP contribution in [0.5, 0.6) is 5.75 Å². The van der Waals surface area contributed by atoms with Gasteiger partial charge in [-0.2, -0.15) is 0 Å². The molecule has 20 heavy (non-hydrogen) atoms. The highest BCUT2D eigenvalue weighted by Gasteiger charge is 2.29. The number of aromatic hydroxyl groups is 1. The molecule has 1 aliphatic carbocycles. The molecule has 0 saturated heterocycles. The quantitative estimate of drug-likeness (QED) is 0.918. The van der Waals surface area contributed by atoms with Gasteiger partial charge >= 0.3 is 0 Å². The summed E-state index contributed by atoms with van der Waals surface area (Å²) < 4.78 is 0. The van der Waals surface area contributed by atoms with E-state index in [1.54, 1.807) is 47.5 Å². The van der Waals surface area contributed by atoms with E-state index in [2.05, 4.69) is 11.4 Å². The Labute approximate surface area is 122 Å². The molecule has 1 N–H and O–H groups in total. The predicted molar refractivity (Wildman–Crippen MR) is 81.5 cm³/mol. The Morgan fingerprint density at radius 3 is 2.80 bits per heavy atom. The first kappa shape index (κ1) is 13.2. The third kappa shape index (κ3) is 2.31. The Kier molecular flexibility index (Phi) is 3.49. The van der Waals surface area contributed by atoms with Crippen molar-refractivity contribution in [1.29, 1.82) is 0 Å². The molecule has 0 fully saturated rings. The number of aryl methyl sites for hydroxylation is 1. The smallest absolute Gasteiger partial charge is 0.234 e. The SMILES string of the molecule is CN(C(=O)C1CCCc2sccc21)c1ccc(O)cc1. The molecule has 1 aromatic heterocycles. The van der Waals surface area contributed by atoms with Crippen LogP contribution in [0.1, 0.15) is 29.2 Å². The number of phenolic OH excluding ortho intramolecular Hbond substituents is 1. The number of carbonyl (C=O) groups is 1. The topological polar surface area (TPSA) is 40.5 Å². The van der Waals surface area contributed by atoms with Crippen LogP contribution in [0.3, 0.4) is 0 Å². The zero-order chi connectivity index (χ0) is 14.1. The molecule has 3 nitrogen and oxygen atoms in total. The summed E-state index contributed by atoms with van der Waals surface area (Å²) >= 11 is 1.75. The number of amides is 1. The van der Waals surface area contributed by atoms with E-state index in [-0.39, 0.29) is 17.6 Å².